The Labute approximate surface area is 161 Å². The van der Waals surface area contributed by atoms with Gasteiger partial charge in [0.05, 0.1) is 12.1 Å². The summed E-state index contributed by atoms with van der Waals surface area (Å²) in [7, 11) is 0. The molecule has 5 nitrogen and oxygen atoms in total. The summed E-state index contributed by atoms with van der Waals surface area (Å²) in [5.74, 6) is 1.96. The van der Waals surface area contributed by atoms with E-state index in [0.29, 0.717) is 23.9 Å². The Bertz CT molecular complexity index is 861. The number of hydrogen-bond donors (Lipinski definition) is 2. The van der Waals surface area contributed by atoms with Gasteiger partial charge < -0.3 is 20.1 Å². The van der Waals surface area contributed by atoms with Crippen molar-refractivity contribution in [2.45, 2.75) is 30.3 Å². The van der Waals surface area contributed by atoms with Crippen molar-refractivity contribution in [3.05, 3.63) is 53.3 Å². The minimum Gasteiger partial charge on any atom is -0.486 e. The van der Waals surface area contributed by atoms with Crippen molar-refractivity contribution in [3.63, 3.8) is 0 Å². The second kappa shape index (κ2) is 7.68. The Hall–Kier alpha value is -2.41. The highest BCUT2D eigenvalue weighted by atomic mass is 32.2. The van der Waals surface area contributed by atoms with Crippen LogP contribution in [0.25, 0.3) is 0 Å². The quantitative estimate of drug-likeness (QED) is 0.828. The summed E-state index contributed by atoms with van der Waals surface area (Å²) in [6.07, 6.45) is 0.771. The van der Waals surface area contributed by atoms with Gasteiger partial charge in [-0.2, -0.15) is 0 Å². The minimum absolute atomic E-state index is 0.190. The molecule has 4 rings (SSSR count). The lowest BCUT2D eigenvalue weighted by molar-refractivity contribution is 0.171. The first-order valence-electron chi connectivity index (χ1n) is 8.99. The van der Waals surface area contributed by atoms with Crippen LogP contribution in [-0.2, 0) is 0 Å². The third-order valence-electron chi connectivity index (χ3n) is 4.74. The number of rotatable bonds is 3. The van der Waals surface area contributed by atoms with Crippen LogP contribution in [-0.4, -0.2) is 25.0 Å². The van der Waals surface area contributed by atoms with E-state index in [4.69, 9.17) is 9.47 Å². The van der Waals surface area contributed by atoms with Gasteiger partial charge in [0.2, 0.25) is 0 Å². The lowest BCUT2D eigenvalue weighted by Crippen LogP contribution is -2.40. The number of carbonyl (C=O) groups excluding carboxylic acids is 1. The van der Waals surface area contributed by atoms with Crippen LogP contribution in [0.15, 0.2) is 41.3 Å². The average molecular weight is 388 g/mol. The first-order chi connectivity index (χ1) is 13.1. The standard InChI is InChI=1S/C20H21FN2O3S/c1-12(13-5-6-17-18(11-13)26-9-8-25-17)22-20(24)23-16-7-10-27-19-14(16)3-2-4-15(19)21/h2-6,11-12,16H,7-10H2,1H3,(H2,22,23,24). The summed E-state index contributed by atoms with van der Waals surface area (Å²) in [4.78, 5) is 13.1. The molecule has 2 unspecified atom stereocenters. The van der Waals surface area contributed by atoms with E-state index in [2.05, 4.69) is 10.6 Å². The Morgan fingerprint density at radius 1 is 1.22 bits per heavy atom. The van der Waals surface area contributed by atoms with Crippen LogP contribution < -0.4 is 20.1 Å². The van der Waals surface area contributed by atoms with Crippen molar-refractivity contribution in [3.8, 4) is 11.5 Å². The molecule has 142 valence electrons. The molecule has 2 atom stereocenters. The van der Waals surface area contributed by atoms with Crippen LogP contribution in [0.4, 0.5) is 9.18 Å². The summed E-state index contributed by atoms with van der Waals surface area (Å²) in [5, 5.41) is 5.93. The molecule has 2 aliphatic rings. The van der Waals surface area contributed by atoms with Gasteiger partial charge in [-0.25, -0.2) is 9.18 Å². The number of ether oxygens (including phenoxy) is 2. The smallest absolute Gasteiger partial charge is 0.315 e. The van der Waals surface area contributed by atoms with E-state index in [1.807, 2.05) is 31.2 Å². The van der Waals surface area contributed by atoms with Gasteiger partial charge in [-0.3, -0.25) is 0 Å². The highest BCUT2D eigenvalue weighted by molar-refractivity contribution is 7.99. The van der Waals surface area contributed by atoms with Gasteiger partial charge in [-0.1, -0.05) is 18.2 Å². The molecule has 2 N–H and O–H groups in total. The fraction of sp³-hybridized carbons (Fsp3) is 0.350. The predicted octanol–water partition coefficient (Wildman–Crippen LogP) is 4.19. The lowest BCUT2D eigenvalue weighted by Gasteiger charge is -2.27. The number of halogens is 1. The van der Waals surface area contributed by atoms with Crippen LogP contribution in [0.3, 0.4) is 0 Å². The number of benzene rings is 2. The van der Waals surface area contributed by atoms with E-state index in [9.17, 15) is 9.18 Å². The molecule has 2 aromatic rings. The second-order valence-electron chi connectivity index (χ2n) is 6.59. The summed E-state index contributed by atoms with van der Waals surface area (Å²) in [5.41, 5.74) is 1.77. The number of urea groups is 1. The van der Waals surface area contributed by atoms with Gasteiger partial charge in [0.15, 0.2) is 11.5 Å². The van der Waals surface area contributed by atoms with Crippen LogP contribution in [0.1, 0.15) is 36.6 Å². The number of nitrogens with one attached hydrogen (secondary N) is 2. The topological polar surface area (TPSA) is 59.6 Å². The van der Waals surface area contributed by atoms with E-state index < -0.39 is 0 Å². The zero-order chi connectivity index (χ0) is 18.8. The SMILES string of the molecule is CC(NC(=O)NC1CCSc2c(F)cccc21)c1ccc2c(c1)OCCO2. The van der Waals surface area contributed by atoms with Crippen LogP contribution in [0.2, 0.25) is 0 Å². The third-order valence-corrected chi connectivity index (χ3v) is 5.90. The molecule has 0 bridgehead atoms. The molecular weight excluding hydrogens is 367 g/mol. The summed E-state index contributed by atoms with van der Waals surface area (Å²) in [6.45, 7) is 2.98. The Kier molecular flexibility index (Phi) is 5.11. The van der Waals surface area contributed by atoms with Crippen LogP contribution in [0, 0.1) is 5.82 Å². The van der Waals surface area contributed by atoms with E-state index in [-0.39, 0.29) is 23.9 Å². The van der Waals surface area contributed by atoms with Crippen molar-refractivity contribution in [2.24, 2.45) is 0 Å². The lowest BCUT2D eigenvalue weighted by atomic mass is 10.0. The molecule has 0 spiro atoms. The maximum Gasteiger partial charge on any atom is 0.315 e. The molecule has 0 aromatic heterocycles. The molecule has 0 aliphatic carbocycles. The maximum atomic E-state index is 14.0. The number of carbonyl (C=O) groups is 1. The van der Waals surface area contributed by atoms with Gasteiger partial charge in [-0.05, 0) is 42.7 Å². The molecule has 2 aliphatic heterocycles. The van der Waals surface area contributed by atoms with Gasteiger partial charge in [0.1, 0.15) is 19.0 Å². The Balaban J connectivity index is 1.42. The van der Waals surface area contributed by atoms with Crippen molar-refractivity contribution < 1.29 is 18.7 Å². The molecule has 0 saturated heterocycles. The molecule has 2 heterocycles. The largest absolute Gasteiger partial charge is 0.486 e. The van der Waals surface area contributed by atoms with Gasteiger partial charge in [-0.15, -0.1) is 11.8 Å². The molecule has 0 fully saturated rings. The molecule has 7 heteroatoms. The first kappa shape index (κ1) is 18.0. The van der Waals surface area contributed by atoms with E-state index in [1.54, 1.807) is 6.07 Å². The predicted molar refractivity (Wildman–Crippen MR) is 102 cm³/mol. The number of amides is 2. The number of thioether (sulfide) groups is 1. The van der Waals surface area contributed by atoms with Crippen molar-refractivity contribution in [1.82, 2.24) is 10.6 Å². The van der Waals surface area contributed by atoms with E-state index in [0.717, 1.165) is 29.1 Å². The summed E-state index contributed by atoms with van der Waals surface area (Å²) in [6, 6.07) is 10.0. The van der Waals surface area contributed by atoms with Crippen molar-refractivity contribution in [1.29, 1.82) is 0 Å². The molecular formula is C20H21FN2O3S. The summed E-state index contributed by atoms with van der Waals surface area (Å²) >= 11 is 1.50. The number of fused-ring (bicyclic) bond motifs is 2. The van der Waals surface area contributed by atoms with Crippen LogP contribution in [0.5, 0.6) is 11.5 Å². The normalized spacial score (nSPS) is 19.0. The van der Waals surface area contributed by atoms with Gasteiger partial charge >= 0.3 is 6.03 Å². The molecule has 2 aromatic carbocycles. The van der Waals surface area contributed by atoms with Crippen molar-refractivity contribution in [2.75, 3.05) is 19.0 Å². The third kappa shape index (κ3) is 3.83. The average Bonchev–Trinajstić information content (AvgIpc) is 2.68. The Morgan fingerprint density at radius 2 is 2.04 bits per heavy atom. The molecule has 27 heavy (non-hydrogen) atoms. The fourth-order valence-corrected chi connectivity index (χ4v) is 4.49. The highest BCUT2D eigenvalue weighted by Crippen LogP contribution is 2.38. The maximum absolute atomic E-state index is 14.0. The van der Waals surface area contributed by atoms with Gasteiger partial charge in [0, 0.05) is 10.6 Å². The summed E-state index contributed by atoms with van der Waals surface area (Å²) < 4.78 is 25.1. The second-order valence-corrected chi connectivity index (χ2v) is 7.70. The zero-order valence-electron chi connectivity index (χ0n) is 15.0. The fourth-order valence-electron chi connectivity index (χ4n) is 3.35. The molecule has 2 amide bonds. The monoisotopic (exact) mass is 388 g/mol. The van der Waals surface area contributed by atoms with E-state index >= 15 is 0 Å². The molecule has 0 saturated carbocycles. The minimum atomic E-state index is -0.274. The highest BCUT2D eigenvalue weighted by Gasteiger charge is 2.25. The van der Waals surface area contributed by atoms with Crippen LogP contribution >= 0.6 is 11.8 Å². The first-order valence-corrected chi connectivity index (χ1v) is 9.98. The molecule has 0 radical (unpaired) electrons. The Morgan fingerprint density at radius 3 is 2.89 bits per heavy atom. The van der Waals surface area contributed by atoms with E-state index in [1.165, 1.54) is 17.8 Å². The van der Waals surface area contributed by atoms with Gasteiger partial charge in [0.25, 0.3) is 0 Å². The number of hydrogen-bond acceptors (Lipinski definition) is 4. The van der Waals surface area contributed by atoms with Crippen molar-refractivity contribution >= 4 is 17.8 Å². The zero-order valence-corrected chi connectivity index (χ0v) is 15.8.